The lowest BCUT2D eigenvalue weighted by atomic mass is 9.89. The molecule has 25 heavy (non-hydrogen) atoms. The quantitative estimate of drug-likeness (QED) is 0.703. The van der Waals surface area contributed by atoms with Gasteiger partial charge < -0.3 is 10.3 Å². The Labute approximate surface area is 155 Å². The summed E-state index contributed by atoms with van der Waals surface area (Å²) in [4.78, 5) is 24.1. The first-order valence-electron chi connectivity index (χ1n) is 8.87. The van der Waals surface area contributed by atoms with Crippen LogP contribution >= 0.6 is 22.7 Å². The van der Waals surface area contributed by atoms with Gasteiger partial charge in [-0.3, -0.25) is 4.79 Å². The minimum Gasteiger partial charge on any atom is -0.309 e. The van der Waals surface area contributed by atoms with Crippen LogP contribution in [0.1, 0.15) is 60.4 Å². The smallest absolute Gasteiger partial charge is 0.259 e. The molecule has 6 heteroatoms. The maximum absolute atomic E-state index is 12.7. The van der Waals surface area contributed by atoms with E-state index in [-0.39, 0.29) is 17.6 Å². The van der Waals surface area contributed by atoms with Crippen molar-refractivity contribution >= 4 is 32.9 Å². The Bertz CT molecular complexity index is 942. The second-order valence-electron chi connectivity index (χ2n) is 7.11. The standard InChI is InChI=1S/C19H23N3OS2/c1-10-6-7-13-15(9-10)25-19-16(13)18(23)21-17(22-19)12(3)20-11(2)14-5-4-8-24-14/h4-5,8,10-12,20H,6-7,9H2,1-3H3,(H,21,22,23)/t10-,11+,12-/m1/s1. The number of nitrogens with one attached hydrogen (secondary N) is 2. The van der Waals surface area contributed by atoms with Crippen LogP contribution in [-0.4, -0.2) is 9.97 Å². The molecule has 0 saturated carbocycles. The van der Waals surface area contributed by atoms with Crippen molar-refractivity contribution < 1.29 is 0 Å². The Morgan fingerprint density at radius 2 is 2.20 bits per heavy atom. The predicted molar refractivity (Wildman–Crippen MR) is 106 cm³/mol. The summed E-state index contributed by atoms with van der Waals surface area (Å²) in [5.74, 6) is 1.43. The highest BCUT2D eigenvalue weighted by atomic mass is 32.1. The van der Waals surface area contributed by atoms with E-state index in [2.05, 4.69) is 48.6 Å². The minimum absolute atomic E-state index is 0.00717. The molecule has 0 fully saturated rings. The second-order valence-corrected chi connectivity index (χ2v) is 9.17. The zero-order valence-corrected chi connectivity index (χ0v) is 16.4. The van der Waals surface area contributed by atoms with Crippen LogP contribution in [0, 0.1) is 5.92 Å². The topological polar surface area (TPSA) is 57.8 Å². The fourth-order valence-electron chi connectivity index (χ4n) is 3.64. The average molecular weight is 374 g/mol. The summed E-state index contributed by atoms with van der Waals surface area (Å²) in [5, 5.41) is 6.45. The molecule has 4 nitrogen and oxygen atoms in total. The molecule has 0 amide bonds. The van der Waals surface area contributed by atoms with Gasteiger partial charge in [0.05, 0.1) is 11.4 Å². The minimum atomic E-state index is -0.00717. The van der Waals surface area contributed by atoms with Crippen LogP contribution in [0.15, 0.2) is 22.3 Å². The second kappa shape index (κ2) is 6.67. The fourth-order valence-corrected chi connectivity index (χ4v) is 5.78. The summed E-state index contributed by atoms with van der Waals surface area (Å²) in [6, 6.07) is 4.41. The first-order chi connectivity index (χ1) is 12.0. The molecular formula is C19H23N3OS2. The maximum atomic E-state index is 12.7. The normalized spacial score (nSPS) is 19.7. The molecule has 1 aliphatic carbocycles. The average Bonchev–Trinajstić information content (AvgIpc) is 3.21. The Morgan fingerprint density at radius 1 is 1.36 bits per heavy atom. The fraction of sp³-hybridized carbons (Fsp3) is 0.474. The lowest BCUT2D eigenvalue weighted by Crippen LogP contribution is -2.26. The van der Waals surface area contributed by atoms with Gasteiger partial charge in [-0.1, -0.05) is 13.0 Å². The van der Waals surface area contributed by atoms with Gasteiger partial charge in [-0.15, -0.1) is 22.7 Å². The number of aryl methyl sites for hydroxylation is 1. The maximum Gasteiger partial charge on any atom is 0.259 e. The van der Waals surface area contributed by atoms with E-state index in [0.29, 0.717) is 5.92 Å². The molecular weight excluding hydrogens is 350 g/mol. The molecule has 3 atom stereocenters. The molecule has 0 aromatic carbocycles. The summed E-state index contributed by atoms with van der Waals surface area (Å²) in [6.07, 6.45) is 3.24. The molecule has 132 valence electrons. The van der Waals surface area contributed by atoms with Gasteiger partial charge >= 0.3 is 0 Å². The number of nitrogens with zero attached hydrogens (tertiary/aromatic N) is 1. The Morgan fingerprint density at radius 3 is 2.96 bits per heavy atom. The number of aromatic nitrogens is 2. The van der Waals surface area contributed by atoms with Gasteiger partial charge in [0.2, 0.25) is 0 Å². The zero-order chi connectivity index (χ0) is 17.6. The lowest BCUT2D eigenvalue weighted by Gasteiger charge is -2.18. The van der Waals surface area contributed by atoms with Gasteiger partial charge in [-0.25, -0.2) is 4.98 Å². The molecule has 2 N–H and O–H groups in total. The number of rotatable bonds is 4. The van der Waals surface area contributed by atoms with E-state index in [1.807, 2.05) is 0 Å². The third kappa shape index (κ3) is 3.18. The number of fused-ring (bicyclic) bond motifs is 3. The van der Waals surface area contributed by atoms with Crippen molar-refractivity contribution in [2.24, 2.45) is 5.92 Å². The monoisotopic (exact) mass is 373 g/mol. The van der Waals surface area contributed by atoms with E-state index in [9.17, 15) is 4.79 Å². The van der Waals surface area contributed by atoms with Crippen LogP contribution in [-0.2, 0) is 12.8 Å². The number of H-pyrrole nitrogens is 1. The molecule has 0 unspecified atom stereocenters. The molecule has 0 spiro atoms. The van der Waals surface area contributed by atoms with Crippen LogP contribution in [0.2, 0.25) is 0 Å². The predicted octanol–water partition coefficient (Wildman–Crippen LogP) is 4.58. The summed E-state index contributed by atoms with van der Waals surface area (Å²) in [7, 11) is 0. The van der Waals surface area contributed by atoms with E-state index in [4.69, 9.17) is 4.98 Å². The summed E-state index contributed by atoms with van der Waals surface area (Å²) < 4.78 is 0. The first-order valence-corrected chi connectivity index (χ1v) is 10.6. The van der Waals surface area contributed by atoms with E-state index in [1.54, 1.807) is 22.7 Å². The Balaban J connectivity index is 1.65. The van der Waals surface area contributed by atoms with E-state index in [1.165, 1.54) is 15.3 Å². The molecule has 0 saturated heterocycles. The van der Waals surface area contributed by atoms with Gasteiger partial charge in [-0.05, 0) is 56.0 Å². The lowest BCUT2D eigenvalue weighted by molar-refractivity contribution is 0.481. The van der Waals surface area contributed by atoms with Crippen molar-refractivity contribution in [3.8, 4) is 0 Å². The largest absolute Gasteiger partial charge is 0.309 e. The molecule has 0 aliphatic heterocycles. The number of aromatic amines is 1. The van der Waals surface area contributed by atoms with Gasteiger partial charge in [0.1, 0.15) is 10.7 Å². The summed E-state index contributed by atoms with van der Waals surface area (Å²) >= 11 is 3.45. The van der Waals surface area contributed by atoms with Crippen LogP contribution in [0.3, 0.4) is 0 Å². The highest BCUT2D eigenvalue weighted by Crippen LogP contribution is 2.36. The Kier molecular flexibility index (Phi) is 4.52. The molecule has 0 radical (unpaired) electrons. The SMILES string of the molecule is C[C@@H]1CCc2c(sc3nc([C@@H](C)N[C@@H](C)c4cccs4)[nH]c(=O)c23)C1. The van der Waals surface area contributed by atoms with Gasteiger partial charge in [0.15, 0.2) is 0 Å². The van der Waals surface area contributed by atoms with Gasteiger partial charge in [0, 0.05) is 15.8 Å². The molecule has 3 aromatic rings. The first kappa shape index (κ1) is 16.9. The Hall–Kier alpha value is -1.50. The van der Waals surface area contributed by atoms with Crippen molar-refractivity contribution in [2.45, 2.75) is 52.1 Å². The zero-order valence-electron chi connectivity index (χ0n) is 14.8. The molecule has 0 bridgehead atoms. The molecule has 3 heterocycles. The highest BCUT2D eigenvalue weighted by molar-refractivity contribution is 7.18. The van der Waals surface area contributed by atoms with Crippen molar-refractivity contribution in [3.63, 3.8) is 0 Å². The summed E-state index contributed by atoms with van der Waals surface area (Å²) in [5.41, 5.74) is 1.26. The number of thiophene rings is 2. The van der Waals surface area contributed by atoms with E-state index >= 15 is 0 Å². The molecule has 3 aromatic heterocycles. The van der Waals surface area contributed by atoms with Crippen molar-refractivity contribution in [1.82, 2.24) is 15.3 Å². The van der Waals surface area contributed by atoms with Crippen molar-refractivity contribution in [1.29, 1.82) is 0 Å². The van der Waals surface area contributed by atoms with E-state index in [0.717, 1.165) is 35.3 Å². The number of hydrogen-bond acceptors (Lipinski definition) is 5. The van der Waals surface area contributed by atoms with Crippen LogP contribution in [0.5, 0.6) is 0 Å². The van der Waals surface area contributed by atoms with Crippen LogP contribution in [0.4, 0.5) is 0 Å². The third-order valence-electron chi connectivity index (χ3n) is 5.06. The van der Waals surface area contributed by atoms with Crippen LogP contribution < -0.4 is 10.9 Å². The van der Waals surface area contributed by atoms with Gasteiger partial charge in [0.25, 0.3) is 5.56 Å². The van der Waals surface area contributed by atoms with Crippen molar-refractivity contribution in [2.75, 3.05) is 0 Å². The van der Waals surface area contributed by atoms with Gasteiger partial charge in [-0.2, -0.15) is 0 Å². The molecule has 4 rings (SSSR count). The molecule has 1 aliphatic rings. The highest BCUT2D eigenvalue weighted by Gasteiger charge is 2.24. The third-order valence-corrected chi connectivity index (χ3v) is 7.27. The van der Waals surface area contributed by atoms with Crippen LogP contribution in [0.25, 0.3) is 10.2 Å². The van der Waals surface area contributed by atoms with E-state index < -0.39 is 0 Å². The number of hydrogen-bond donors (Lipinski definition) is 2. The van der Waals surface area contributed by atoms with Crippen molar-refractivity contribution in [3.05, 3.63) is 49.0 Å². The summed E-state index contributed by atoms with van der Waals surface area (Å²) in [6.45, 7) is 6.49.